The zero-order valence-corrected chi connectivity index (χ0v) is 28.0. The van der Waals surface area contributed by atoms with Gasteiger partial charge in [0.15, 0.2) is 0 Å². The van der Waals surface area contributed by atoms with Gasteiger partial charge < -0.3 is 10.2 Å². The number of amides is 4. The Balaban J connectivity index is 1.91. The van der Waals surface area contributed by atoms with Crippen molar-refractivity contribution in [3.8, 4) is 11.5 Å². The summed E-state index contributed by atoms with van der Waals surface area (Å²) in [4.78, 5) is 51.8. The first-order chi connectivity index (χ1) is 22.2. The second kappa shape index (κ2) is 20.9. The molecule has 10 nitrogen and oxygen atoms in total. The zero-order valence-electron chi connectivity index (χ0n) is 28.0. The minimum absolute atomic E-state index is 0.126. The van der Waals surface area contributed by atoms with Gasteiger partial charge in [-0.1, -0.05) is 90.5 Å². The van der Waals surface area contributed by atoms with Crippen molar-refractivity contribution in [2.45, 2.75) is 118 Å². The maximum Gasteiger partial charge on any atom is 0.273 e. The number of benzene rings is 2. The van der Waals surface area contributed by atoms with Crippen LogP contribution in [0.2, 0.25) is 0 Å². The molecule has 2 unspecified atom stereocenters. The van der Waals surface area contributed by atoms with Crippen molar-refractivity contribution in [3.63, 3.8) is 0 Å². The molecule has 0 aliphatic heterocycles. The molecule has 46 heavy (non-hydrogen) atoms. The number of carbonyl (C=O) groups is 4. The van der Waals surface area contributed by atoms with Crippen LogP contribution in [0.3, 0.4) is 0 Å². The van der Waals surface area contributed by atoms with Gasteiger partial charge in [0.25, 0.3) is 11.8 Å². The van der Waals surface area contributed by atoms with Crippen LogP contribution in [0, 0.1) is 11.8 Å². The molecule has 0 saturated heterocycles. The molecular weight excluding hydrogens is 584 g/mol. The van der Waals surface area contributed by atoms with E-state index in [1.165, 1.54) is 12.1 Å². The van der Waals surface area contributed by atoms with Crippen LogP contribution in [-0.2, 0) is 22.4 Å². The molecule has 0 saturated carbocycles. The molecule has 254 valence electrons. The molecular formula is C36H54N4O6. The van der Waals surface area contributed by atoms with Crippen LogP contribution >= 0.6 is 0 Å². The standard InChI is InChI=1S/C36H54N4O6/c1-5-9-11-17-26-20-14-23-29(41)31(26)35(45)39-37-33(43)25(8-4)19-13-22-28(16-7-3)34(44)38-40-36(46)32-27(18-12-10-6-2)21-15-24-30(32)42/h14-15,20-21,23-25,28,41-42H,5-13,16-19,22H2,1-4H3,(H,37,43)(H,38,44)(H,39,45)(H,40,46). The summed E-state index contributed by atoms with van der Waals surface area (Å²) < 4.78 is 0. The van der Waals surface area contributed by atoms with Gasteiger partial charge in [0, 0.05) is 11.8 Å². The number of unbranched alkanes of at least 4 members (excludes halogenated alkanes) is 4. The summed E-state index contributed by atoms with van der Waals surface area (Å²) in [7, 11) is 0. The first-order valence-electron chi connectivity index (χ1n) is 17.0. The Kier molecular flexibility index (Phi) is 17.3. The van der Waals surface area contributed by atoms with Crippen molar-refractivity contribution in [2.75, 3.05) is 0 Å². The highest BCUT2D eigenvalue weighted by Crippen LogP contribution is 2.25. The minimum Gasteiger partial charge on any atom is -0.507 e. The average Bonchev–Trinajstić information content (AvgIpc) is 3.04. The molecule has 0 bridgehead atoms. The lowest BCUT2D eigenvalue weighted by molar-refractivity contribution is -0.126. The van der Waals surface area contributed by atoms with E-state index in [-0.39, 0.29) is 46.3 Å². The number of carbonyl (C=O) groups excluding carboxylic acids is 4. The quantitative estimate of drug-likeness (QED) is 0.0773. The lowest BCUT2D eigenvalue weighted by atomic mass is 9.92. The highest BCUT2D eigenvalue weighted by Gasteiger charge is 2.23. The molecule has 0 aromatic heterocycles. The van der Waals surface area contributed by atoms with Crippen LogP contribution in [0.5, 0.6) is 11.5 Å². The first-order valence-corrected chi connectivity index (χ1v) is 17.0. The van der Waals surface area contributed by atoms with Gasteiger partial charge in [-0.25, -0.2) is 0 Å². The van der Waals surface area contributed by atoms with E-state index >= 15 is 0 Å². The van der Waals surface area contributed by atoms with Gasteiger partial charge in [-0.15, -0.1) is 0 Å². The SMILES string of the molecule is CCCCCc1cccc(O)c1C(=O)NNC(=O)C(CC)CCCC(CCC)C(=O)NNC(=O)c1c(O)cccc1CCCCC. The monoisotopic (exact) mass is 638 g/mol. The molecule has 6 N–H and O–H groups in total. The molecule has 0 fully saturated rings. The fraction of sp³-hybridized carbons (Fsp3) is 0.556. The summed E-state index contributed by atoms with van der Waals surface area (Å²) in [5.74, 6) is -2.78. The predicted octanol–water partition coefficient (Wildman–Crippen LogP) is 6.40. The van der Waals surface area contributed by atoms with E-state index < -0.39 is 11.8 Å². The number of hydrazine groups is 2. The molecule has 0 aliphatic rings. The lowest BCUT2D eigenvalue weighted by Crippen LogP contribution is -2.45. The summed E-state index contributed by atoms with van der Waals surface area (Å²) in [6, 6.07) is 9.96. The van der Waals surface area contributed by atoms with Gasteiger partial charge in [0.1, 0.15) is 11.5 Å². The third-order valence-electron chi connectivity index (χ3n) is 8.39. The van der Waals surface area contributed by atoms with Crippen LogP contribution in [0.4, 0.5) is 0 Å². The van der Waals surface area contributed by atoms with E-state index in [0.29, 0.717) is 44.9 Å². The zero-order chi connectivity index (χ0) is 33.9. The van der Waals surface area contributed by atoms with Crippen LogP contribution < -0.4 is 21.7 Å². The fourth-order valence-corrected chi connectivity index (χ4v) is 5.70. The van der Waals surface area contributed by atoms with Gasteiger partial charge in [0.05, 0.1) is 11.1 Å². The number of phenolic OH excluding ortho intramolecular Hbond substituents is 2. The Bertz CT molecular complexity index is 1280. The minimum atomic E-state index is -0.563. The topological polar surface area (TPSA) is 157 Å². The summed E-state index contributed by atoms with van der Waals surface area (Å²) >= 11 is 0. The lowest BCUT2D eigenvalue weighted by Gasteiger charge is -2.19. The van der Waals surface area contributed by atoms with Crippen molar-refractivity contribution in [3.05, 3.63) is 58.7 Å². The predicted molar refractivity (Wildman–Crippen MR) is 180 cm³/mol. The molecule has 2 rings (SSSR count). The Labute approximate surface area is 274 Å². The van der Waals surface area contributed by atoms with Crippen molar-refractivity contribution in [2.24, 2.45) is 11.8 Å². The normalized spacial score (nSPS) is 12.2. The van der Waals surface area contributed by atoms with Crippen LogP contribution in [0.15, 0.2) is 36.4 Å². The molecule has 2 aromatic carbocycles. The summed E-state index contributed by atoms with van der Waals surface area (Å²) in [6.45, 7) is 8.06. The van der Waals surface area contributed by atoms with Crippen LogP contribution in [0.1, 0.15) is 137 Å². The van der Waals surface area contributed by atoms with Crippen molar-refractivity contribution in [1.29, 1.82) is 0 Å². The van der Waals surface area contributed by atoms with Crippen LogP contribution in [-0.4, -0.2) is 33.8 Å². The van der Waals surface area contributed by atoms with Gasteiger partial charge in [-0.05, 0) is 74.6 Å². The van der Waals surface area contributed by atoms with Crippen molar-refractivity contribution in [1.82, 2.24) is 21.7 Å². The maximum absolute atomic E-state index is 13.0. The van der Waals surface area contributed by atoms with Gasteiger partial charge >= 0.3 is 0 Å². The smallest absolute Gasteiger partial charge is 0.273 e. The molecule has 0 heterocycles. The third-order valence-corrected chi connectivity index (χ3v) is 8.39. The first kappa shape index (κ1) is 38.1. The highest BCUT2D eigenvalue weighted by molar-refractivity contribution is 6.00. The van der Waals surface area contributed by atoms with E-state index in [0.717, 1.165) is 56.1 Å². The molecule has 10 heteroatoms. The Morgan fingerprint density at radius 1 is 0.565 bits per heavy atom. The number of aryl methyl sites for hydroxylation is 2. The van der Waals surface area contributed by atoms with Gasteiger partial charge in [0.2, 0.25) is 11.8 Å². The number of hydrogen-bond donors (Lipinski definition) is 6. The second-order valence-corrected chi connectivity index (χ2v) is 11.9. The van der Waals surface area contributed by atoms with E-state index in [4.69, 9.17) is 0 Å². The molecule has 4 amide bonds. The highest BCUT2D eigenvalue weighted by atomic mass is 16.3. The van der Waals surface area contributed by atoms with E-state index in [9.17, 15) is 29.4 Å². The summed E-state index contributed by atoms with van der Waals surface area (Å²) in [5, 5.41) is 20.7. The van der Waals surface area contributed by atoms with Gasteiger partial charge in [-0.2, -0.15) is 0 Å². The summed E-state index contributed by atoms with van der Waals surface area (Å²) in [6.07, 6.45) is 10.7. The molecule has 2 aromatic rings. The van der Waals surface area contributed by atoms with Gasteiger partial charge in [-0.3, -0.25) is 40.9 Å². The van der Waals surface area contributed by atoms with E-state index in [1.54, 1.807) is 12.1 Å². The number of nitrogens with one attached hydrogen (secondary N) is 4. The molecule has 0 aliphatic carbocycles. The molecule has 0 radical (unpaired) electrons. The second-order valence-electron chi connectivity index (χ2n) is 11.9. The number of aromatic hydroxyl groups is 2. The average molecular weight is 639 g/mol. The maximum atomic E-state index is 13.0. The fourth-order valence-electron chi connectivity index (χ4n) is 5.70. The Morgan fingerprint density at radius 3 is 1.46 bits per heavy atom. The number of phenols is 2. The summed E-state index contributed by atoms with van der Waals surface area (Å²) in [5.41, 5.74) is 11.8. The van der Waals surface area contributed by atoms with E-state index in [1.807, 2.05) is 26.0 Å². The molecule has 2 atom stereocenters. The largest absolute Gasteiger partial charge is 0.507 e. The number of hydrogen-bond acceptors (Lipinski definition) is 6. The number of rotatable bonds is 19. The third kappa shape index (κ3) is 12.0. The van der Waals surface area contributed by atoms with Crippen molar-refractivity contribution >= 4 is 23.6 Å². The van der Waals surface area contributed by atoms with Crippen molar-refractivity contribution < 1.29 is 29.4 Å². The van der Waals surface area contributed by atoms with Crippen LogP contribution in [0.25, 0.3) is 0 Å². The molecule has 0 spiro atoms. The van der Waals surface area contributed by atoms with E-state index in [2.05, 4.69) is 35.6 Å². The Morgan fingerprint density at radius 2 is 1.02 bits per heavy atom. The Hall–Kier alpha value is -4.08.